The van der Waals surface area contributed by atoms with E-state index >= 15 is 0 Å². The van der Waals surface area contributed by atoms with Crippen molar-refractivity contribution in [3.05, 3.63) is 70.6 Å². The van der Waals surface area contributed by atoms with Gasteiger partial charge < -0.3 is 26.2 Å². The van der Waals surface area contributed by atoms with E-state index in [1.165, 1.54) is 11.2 Å². The van der Waals surface area contributed by atoms with Gasteiger partial charge in [-0.3, -0.25) is 4.79 Å². The van der Waals surface area contributed by atoms with Crippen LogP contribution >= 0.6 is 0 Å². The second-order valence-electron chi connectivity index (χ2n) is 8.62. The number of anilines is 1. The van der Waals surface area contributed by atoms with E-state index in [1.54, 1.807) is 6.20 Å². The van der Waals surface area contributed by atoms with Crippen molar-refractivity contribution in [3.8, 4) is 6.07 Å². The predicted molar refractivity (Wildman–Crippen MR) is 122 cm³/mol. The molecule has 10 heteroatoms. The van der Waals surface area contributed by atoms with Crippen LogP contribution in [0.5, 0.6) is 0 Å². The summed E-state index contributed by atoms with van der Waals surface area (Å²) >= 11 is 0. The second-order valence-corrected chi connectivity index (χ2v) is 8.62. The Morgan fingerprint density at radius 2 is 2.18 bits per heavy atom. The van der Waals surface area contributed by atoms with Crippen molar-refractivity contribution in [3.63, 3.8) is 0 Å². The Bertz CT molecular complexity index is 1320. The van der Waals surface area contributed by atoms with Crippen LogP contribution in [0, 0.1) is 11.3 Å². The number of nitrogens with zero attached hydrogens (tertiary/aromatic N) is 5. The minimum Gasteiger partial charge on any atom is -0.393 e. The molecular weight excluding hydrogens is 418 g/mol. The highest BCUT2D eigenvalue weighted by Crippen LogP contribution is 2.40. The van der Waals surface area contributed by atoms with Crippen molar-refractivity contribution in [2.75, 3.05) is 5.73 Å². The number of pyridine rings is 2. The van der Waals surface area contributed by atoms with Crippen molar-refractivity contribution in [2.45, 2.75) is 44.2 Å². The number of hydrogen-bond acceptors (Lipinski definition) is 8. The molecule has 3 aromatic heterocycles. The van der Waals surface area contributed by atoms with Gasteiger partial charge in [-0.1, -0.05) is 0 Å². The van der Waals surface area contributed by atoms with Crippen LogP contribution in [0.4, 0.5) is 5.82 Å². The van der Waals surface area contributed by atoms with Crippen LogP contribution in [-0.2, 0) is 17.8 Å². The third-order valence-corrected chi connectivity index (χ3v) is 6.19. The summed E-state index contributed by atoms with van der Waals surface area (Å²) in [4.78, 5) is 21.3. The number of amides is 1. The molecule has 1 amide bonds. The largest absolute Gasteiger partial charge is 0.393 e. The first kappa shape index (κ1) is 20.8. The number of nitriles is 1. The molecule has 0 saturated heterocycles. The summed E-state index contributed by atoms with van der Waals surface area (Å²) in [6.07, 6.45) is 10.7. The van der Waals surface area contributed by atoms with Gasteiger partial charge in [-0.2, -0.15) is 5.26 Å². The van der Waals surface area contributed by atoms with Crippen molar-refractivity contribution >= 4 is 17.4 Å². The van der Waals surface area contributed by atoms with E-state index < -0.39 is 5.91 Å². The minimum atomic E-state index is -0.408. The van der Waals surface area contributed by atoms with E-state index in [4.69, 9.17) is 17.3 Å². The average molecular weight is 444 g/mol. The van der Waals surface area contributed by atoms with Gasteiger partial charge in [0.15, 0.2) is 5.65 Å². The van der Waals surface area contributed by atoms with Gasteiger partial charge in [0.25, 0.3) is 5.91 Å². The Kier molecular flexibility index (Phi) is 5.11. The fraction of sp³-hybridized carbons (Fsp3) is 0.304. The van der Waals surface area contributed by atoms with Crippen LogP contribution in [0.25, 0.3) is 5.65 Å². The molecule has 0 radical (unpaired) electrons. The molecule has 33 heavy (non-hydrogen) atoms. The summed E-state index contributed by atoms with van der Waals surface area (Å²) in [6, 6.07) is 5.84. The number of imidazole rings is 1. The summed E-state index contributed by atoms with van der Waals surface area (Å²) in [6.45, 7) is 0.230. The van der Waals surface area contributed by atoms with Crippen LogP contribution in [0.3, 0.4) is 0 Å². The topological polar surface area (TPSA) is 164 Å². The Balaban J connectivity index is 1.27. The standard InChI is InChI=1S/C23H25N9O/c24-8-14-7-15(13-1-2-13)9-31-10-16(29-22(14)31)11-32(27)12-19(25)23(33)30-20-4-3-18-17(20)5-6-28-21(18)26/h5-7,9-10,12-13,20H,1-4,11,25,27H2,(H2,26,28)(H,30,33)/b19-12-. The van der Waals surface area contributed by atoms with Crippen molar-refractivity contribution < 1.29 is 4.79 Å². The van der Waals surface area contributed by atoms with Crippen LogP contribution < -0.4 is 22.6 Å². The number of carbonyl (C=O) groups excluding carboxylic acids is 1. The van der Waals surface area contributed by atoms with Crippen LogP contribution in [0.1, 0.15) is 59.2 Å². The molecule has 0 spiro atoms. The predicted octanol–water partition coefficient (Wildman–Crippen LogP) is 1.34. The molecule has 1 saturated carbocycles. The first-order valence-corrected chi connectivity index (χ1v) is 10.9. The van der Waals surface area contributed by atoms with E-state index in [2.05, 4.69) is 21.4 Å². The SMILES string of the molecule is N#Cc1cc(C2CC2)cn2cc(CN(N)/C=C(\N)C(=O)NC3CCc4c3ccnc4N)nc12. The number of hydrazine groups is 1. The molecule has 0 aromatic carbocycles. The summed E-state index contributed by atoms with van der Waals surface area (Å²) in [5, 5.41) is 13.8. The molecule has 3 heterocycles. The van der Waals surface area contributed by atoms with E-state index in [0.717, 1.165) is 42.4 Å². The zero-order chi connectivity index (χ0) is 23.1. The Morgan fingerprint density at radius 3 is 2.94 bits per heavy atom. The lowest BCUT2D eigenvalue weighted by atomic mass is 10.1. The smallest absolute Gasteiger partial charge is 0.269 e. The van der Waals surface area contributed by atoms with E-state index in [1.807, 2.05) is 28.9 Å². The molecule has 0 aliphatic heterocycles. The lowest BCUT2D eigenvalue weighted by Crippen LogP contribution is -2.34. The molecule has 5 rings (SSSR count). The third kappa shape index (κ3) is 4.06. The van der Waals surface area contributed by atoms with E-state index in [-0.39, 0.29) is 18.3 Å². The lowest BCUT2D eigenvalue weighted by Gasteiger charge is -2.16. The van der Waals surface area contributed by atoms with Gasteiger partial charge in [0.2, 0.25) is 0 Å². The average Bonchev–Trinajstić information content (AvgIpc) is 3.44. The highest BCUT2D eigenvalue weighted by Gasteiger charge is 2.27. The molecule has 0 bridgehead atoms. The summed E-state index contributed by atoms with van der Waals surface area (Å²) < 4.78 is 1.87. The maximum Gasteiger partial charge on any atom is 0.269 e. The molecule has 1 atom stereocenters. The highest BCUT2D eigenvalue weighted by atomic mass is 16.2. The summed E-state index contributed by atoms with van der Waals surface area (Å²) in [5.74, 6) is 6.70. The number of nitrogen functional groups attached to an aromatic ring is 1. The zero-order valence-electron chi connectivity index (χ0n) is 18.0. The molecular formula is C23H25N9O. The first-order valence-electron chi connectivity index (χ1n) is 10.9. The Hall–Kier alpha value is -4.10. The molecule has 2 aliphatic rings. The second kappa shape index (κ2) is 8.11. The van der Waals surface area contributed by atoms with Gasteiger partial charge in [0, 0.05) is 24.8 Å². The van der Waals surface area contributed by atoms with Gasteiger partial charge in [0.1, 0.15) is 17.6 Å². The molecule has 10 nitrogen and oxygen atoms in total. The summed E-state index contributed by atoms with van der Waals surface area (Å²) in [7, 11) is 0. The molecule has 168 valence electrons. The van der Waals surface area contributed by atoms with Gasteiger partial charge in [-0.25, -0.2) is 15.8 Å². The van der Waals surface area contributed by atoms with Gasteiger partial charge in [-0.15, -0.1) is 0 Å². The van der Waals surface area contributed by atoms with Crippen molar-refractivity contribution in [2.24, 2.45) is 11.6 Å². The number of hydrogen-bond donors (Lipinski definition) is 4. The Morgan fingerprint density at radius 1 is 1.36 bits per heavy atom. The van der Waals surface area contributed by atoms with Gasteiger partial charge in [0.05, 0.1) is 23.8 Å². The molecule has 2 aliphatic carbocycles. The number of rotatable bonds is 6. The van der Waals surface area contributed by atoms with Crippen molar-refractivity contribution in [1.29, 1.82) is 5.26 Å². The van der Waals surface area contributed by atoms with Crippen LogP contribution in [0.2, 0.25) is 0 Å². The zero-order valence-corrected chi connectivity index (χ0v) is 18.0. The molecule has 1 unspecified atom stereocenters. The van der Waals surface area contributed by atoms with E-state index in [0.29, 0.717) is 28.6 Å². The first-order chi connectivity index (χ1) is 15.9. The summed E-state index contributed by atoms with van der Waals surface area (Å²) in [5.41, 5.74) is 16.8. The number of nitrogens with two attached hydrogens (primary N) is 3. The molecule has 1 fully saturated rings. The Labute approximate surface area is 190 Å². The molecule has 7 N–H and O–H groups in total. The monoisotopic (exact) mass is 443 g/mol. The number of nitrogens with one attached hydrogen (secondary N) is 1. The highest BCUT2D eigenvalue weighted by molar-refractivity contribution is 5.92. The number of aromatic nitrogens is 3. The molecule has 3 aromatic rings. The van der Waals surface area contributed by atoms with Crippen LogP contribution in [-0.4, -0.2) is 25.3 Å². The fourth-order valence-electron chi connectivity index (χ4n) is 4.40. The maximum absolute atomic E-state index is 12.6. The van der Waals surface area contributed by atoms with Crippen molar-refractivity contribution in [1.82, 2.24) is 24.7 Å². The fourth-order valence-corrected chi connectivity index (χ4v) is 4.40. The normalized spacial score (nSPS) is 17.6. The minimum absolute atomic E-state index is 0.00882. The maximum atomic E-state index is 12.6. The third-order valence-electron chi connectivity index (χ3n) is 6.19. The van der Waals surface area contributed by atoms with E-state index in [9.17, 15) is 10.1 Å². The number of carbonyl (C=O) groups is 1. The van der Waals surface area contributed by atoms with Crippen LogP contribution in [0.15, 0.2) is 42.6 Å². The quantitative estimate of drug-likeness (QED) is 0.252. The van der Waals surface area contributed by atoms with Gasteiger partial charge in [-0.05, 0) is 60.4 Å². The lowest BCUT2D eigenvalue weighted by molar-refractivity contribution is -0.118. The number of fused-ring (bicyclic) bond motifs is 2. The van der Waals surface area contributed by atoms with Gasteiger partial charge >= 0.3 is 0 Å².